The van der Waals surface area contributed by atoms with E-state index in [-0.39, 0.29) is 18.6 Å². The van der Waals surface area contributed by atoms with Gasteiger partial charge in [-0.25, -0.2) is 4.79 Å². The van der Waals surface area contributed by atoms with Gasteiger partial charge >= 0.3 is 12.0 Å². The van der Waals surface area contributed by atoms with Crippen LogP contribution < -0.4 is 10.6 Å². The molecule has 1 rings (SSSR count). The maximum absolute atomic E-state index is 11.7. The molecule has 22 heavy (non-hydrogen) atoms. The van der Waals surface area contributed by atoms with Crippen molar-refractivity contribution in [3.63, 3.8) is 0 Å². The van der Waals surface area contributed by atoms with Crippen LogP contribution in [0.1, 0.15) is 36.4 Å². The van der Waals surface area contributed by atoms with Crippen LogP contribution in [0.4, 0.5) is 4.79 Å². The van der Waals surface area contributed by atoms with Gasteiger partial charge in [-0.05, 0) is 25.3 Å². The third-order valence-corrected chi connectivity index (χ3v) is 3.51. The van der Waals surface area contributed by atoms with Crippen LogP contribution in [-0.2, 0) is 14.3 Å². The van der Waals surface area contributed by atoms with Crippen molar-refractivity contribution in [2.24, 2.45) is 0 Å². The Morgan fingerprint density at radius 1 is 1.27 bits per heavy atom. The average molecular weight is 326 g/mol. The number of urea groups is 1. The van der Waals surface area contributed by atoms with Crippen molar-refractivity contribution in [1.29, 1.82) is 0 Å². The van der Waals surface area contributed by atoms with Gasteiger partial charge in [-0.2, -0.15) is 0 Å². The van der Waals surface area contributed by atoms with Crippen LogP contribution in [0.15, 0.2) is 17.5 Å². The minimum absolute atomic E-state index is 0.0179. The number of ether oxygens (including phenoxy) is 1. The number of esters is 1. The summed E-state index contributed by atoms with van der Waals surface area (Å²) >= 11 is 1.30. The molecule has 1 heterocycles. The number of nitrogens with one attached hydrogen (secondary N) is 2. The highest BCUT2D eigenvalue weighted by Crippen LogP contribution is 2.12. The number of rotatable bonds is 7. The third kappa shape index (κ3) is 6.04. The van der Waals surface area contributed by atoms with E-state index in [1.165, 1.54) is 18.3 Å². The third-order valence-electron chi connectivity index (χ3n) is 2.60. The van der Waals surface area contributed by atoms with Crippen molar-refractivity contribution < 1.29 is 23.9 Å². The van der Waals surface area contributed by atoms with Crippen LogP contribution in [0.3, 0.4) is 0 Å². The molecule has 2 N–H and O–H groups in total. The van der Waals surface area contributed by atoms with Crippen LogP contribution in [0.25, 0.3) is 0 Å². The van der Waals surface area contributed by atoms with Gasteiger partial charge in [0.2, 0.25) is 0 Å². The minimum atomic E-state index is -1.10. The lowest BCUT2D eigenvalue weighted by atomic mass is 10.2. The van der Waals surface area contributed by atoms with E-state index in [1.807, 2.05) is 5.32 Å². The Morgan fingerprint density at radius 2 is 2.00 bits per heavy atom. The van der Waals surface area contributed by atoms with E-state index in [0.29, 0.717) is 11.4 Å². The van der Waals surface area contributed by atoms with Crippen LogP contribution >= 0.6 is 11.3 Å². The minimum Gasteiger partial charge on any atom is -0.453 e. The van der Waals surface area contributed by atoms with Crippen molar-refractivity contribution in [1.82, 2.24) is 10.6 Å². The number of hydrogen-bond acceptors (Lipinski definition) is 6. The summed E-state index contributed by atoms with van der Waals surface area (Å²) in [5, 5.41) is 6.20. The molecule has 3 amide bonds. The smallest absolute Gasteiger partial charge is 0.321 e. The molecule has 0 saturated carbocycles. The predicted octanol–water partition coefficient (Wildman–Crippen LogP) is 1.49. The van der Waals surface area contributed by atoms with Gasteiger partial charge in [-0.3, -0.25) is 19.7 Å². The Labute approximate surface area is 132 Å². The van der Waals surface area contributed by atoms with Gasteiger partial charge in [0.1, 0.15) is 0 Å². The van der Waals surface area contributed by atoms with E-state index in [9.17, 15) is 19.2 Å². The predicted molar refractivity (Wildman–Crippen MR) is 80.7 cm³/mol. The van der Waals surface area contributed by atoms with Crippen LogP contribution in [0, 0.1) is 0 Å². The van der Waals surface area contributed by atoms with E-state index < -0.39 is 24.0 Å². The Morgan fingerprint density at radius 3 is 2.59 bits per heavy atom. The molecule has 0 aliphatic heterocycles. The molecular weight excluding hydrogens is 308 g/mol. The number of thiophene rings is 1. The molecule has 0 aromatic carbocycles. The zero-order chi connectivity index (χ0) is 16.5. The molecule has 120 valence electrons. The maximum Gasteiger partial charge on any atom is 0.321 e. The van der Waals surface area contributed by atoms with Crippen molar-refractivity contribution >= 4 is 35.0 Å². The van der Waals surface area contributed by atoms with Crippen LogP contribution in [0.5, 0.6) is 0 Å². The van der Waals surface area contributed by atoms with Gasteiger partial charge in [-0.1, -0.05) is 6.07 Å². The first kappa shape index (κ1) is 17.8. The molecule has 1 aromatic heterocycles. The maximum atomic E-state index is 11.7. The Hall–Kier alpha value is -2.22. The highest BCUT2D eigenvalue weighted by molar-refractivity contribution is 7.12. The topological polar surface area (TPSA) is 102 Å². The summed E-state index contributed by atoms with van der Waals surface area (Å²) in [6.45, 7) is 3.43. The molecule has 0 radical (unpaired) electrons. The van der Waals surface area contributed by atoms with Crippen molar-refractivity contribution in [2.75, 3.05) is 6.54 Å². The number of carbonyl (C=O) groups is 4. The Bertz CT molecular complexity index is 541. The van der Waals surface area contributed by atoms with Crippen molar-refractivity contribution in [3.05, 3.63) is 22.4 Å². The summed E-state index contributed by atoms with van der Waals surface area (Å²) < 4.78 is 4.88. The molecule has 0 spiro atoms. The lowest BCUT2D eigenvalue weighted by Gasteiger charge is -2.12. The number of imide groups is 1. The molecule has 8 heteroatoms. The molecule has 1 atom stereocenters. The zero-order valence-electron chi connectivity index (χ0n) is 12.4. The SMILES string of the molecule is CCNC(=O)NC(=O)C(C)OC(=O)CCC(=O)c1cccs1. The van der Waals surface area contributed by atoms with E-state index in [1.54, 1.807) is 24.4 Å². The Kier molecular flexibility index (Phi) is 7.24. The van der Waals surface area contributed by atoms with Crippen LogP contribution in [0.2, 0.25) is 0 Å². The van der Waals surface area contributed by atoms with E-state index >= 15 is 0 Å². The zero-order valence-corrected chi connectivity index (χ0v) is 13.2. The normalized spacial score (nSPS) is 11.4. The fraction of sp³-hybridized carbons (Fsp3) is 0.429. The molecule has 0 aliphatic rings. The molecule has 1 aromatic rings. The molecular formula is C14H18N2O5S. The average Bonchev–Trinajstić information content (AvgIpc) is 2.99. The second-order valence-electron chi connectivity index (χ2n) is 4.38. The highest BCUT2D eigenvalue weighted by atomic mass is 32.1. The second-order valence-corrected chi connectivity index (χ2v) is 5.33. The number of amides is 3. The largest absolute Gasteiger partial charge is 0.453 e. The lowest BCUT2D eigenvalue weighted by molar-refractivity contribution is -0.154. The summed E-state index contributed by atoms with van der Waals surface area (Å²) in [4.78, 5) is 46.6. The first-order valence-corrected chi connectivity index (χ1v) is 7.66. The first-order chi connectivity index (χ1) is 10.4. The molecule has 0 fully saturated rings. The van der Waals surface area contributed by atoms with E-state index in [4.69, 9.17) is 4.74 Å². The Balaban J connectivity index is 2.33. The van der Waals surface area contributed by atoms with Gasteiger partial charge in [0, 0.05) is 13.0 Å². The van der Waals surface area contributed by atoms with Gasteiger partial charge in [0.05, 0.1) is 11.3 Å². The number of Topliss-reactive ketones (excluding diaryl/α,β-unsaturated/α-hetero) is 1. The standard InChI is InChI=1S/C14H18N2O5S/c1-3-15-14(20)16-13(19)9(2)21-12(18)7-6-10(17)11-5-4-8-22-11/h4-5,8-9H,3,6-7H2,1-2H3,(H2,15,16,19,20). The number of hydrogen-bond donors (Lipinski definition) is 2. The van der Waals surface area contributed by atoms with Crippen molar-refractivity contribution in [3.8, 4) is 0 Å². The molecule has 1 unspecified atom stereocenters. The summed E-state index contributed by atoms with van der Waals surface area (Å²) in [6.07, 6.45) is -1.20. The monoisotopic (exact) mass is 326 g/mol. The first-order valence-electron chi connectivity index (χ1n) is 6.79. The summed E-state index contributed by atoms with van der Waals surface area (Å²) in [5.74, 6) is -1.53. The van der Waals surface area contributed by atoms with E-state index in [0.717, 1.165) is 0 Å². The summed E-state index contributed by atoms with van der Waals surface area (Å²) in [6, 6.07) is 2.79. The molecule has 7 nitrogen and oxygen atoms in total. The number of ketones is 1. The molecule has 0 bridgehead atoms. The van der Waals surface area contributed by atoms with E-state index in [2.05, 4.69) is 5.32 Å². The van der Waals surface area contributed by atoms with Gasteiger partial charge < -0.3 is 10.1 Å². The van der Waals surface area contributed by atoms with Gasteiger partial charge in [0.15, 0.2) is 11.9 Å². The highest BCUT2D eigenvalue weighted by Gasteiger charge is 2.20. The van der Waals surface area contributed by atoms with Crippen LogP contribution in [-0.4, -0.2) is 36.3 Å². The van der Waals surface area contributed by atoms with Gasteiger partial charge in [0.25, 0.3) is 5.91 Å². The summed E-state index contributed by atoms with van der Waals surface area (Å²) in [5.41, 5.74) is 0. The fourth-order valence-corrected chi connectivity index (χ4v) is 2.20. The number of carbonyl (C=O) groups excluding carboxylic acids is 4. The van der Waals surface area contributed by atoms with Crippen molar-refractivity contribution in [2.45, 2.75) is 32.8 Å². The van der Waals surface area contributed by atoms with Gasteiger partial charge in [-0.15, -0.1) is 11.3 Å². The molecule has 0 aliphatic carbocycles. The quantitative estimate of drug-likeness (QED) is 0.584. The fourth-order valence-electron chi connectivity index (χ4n) is 1.50. The second kappa shape index (κ2) is 8.93. The molecule has 0 saturated heterocycles. The lowest BCUT2D eigenvalue weighted by Crippen LogP contribution is -2.44. The summed E-state index contributed by atoms with van der Waals surface area (Å²) in [7, 11) is 0.